The largest absolute Gasteiger partial charge is 0.486 e. The summed E-state index contributed by atoms with van der Waals surface area (Å²) >= 11 is 12.4. The number of rotatable bonds is 7. The summed E-state index contributed by atoms with van der Waals surface area (Å²) in [5.41, 5.74) is 1.75. The van der Waals surface area contributed by atoms with Gasteiger partial charge in [0, 0.05) is 39.5 Å². The minimum Gasteiger partial charge on any atom is -0.486 e. The predicted molar refractivity (Wildman–Crippen MR) is 123 cm³/mol. The van der Waals surface area contributed by atoms with E-state index in [1.165, 1.54) is 6.07 Å². The molecule has 0 saturated carbocycles. The molecule has 0 unspecified atom stereocenters. The number of benzene rings is 3. The molecule has 0 radical (unpaired) electrons. The zero-order valence-electron chi connectivity index (χ0n) is 17.1. The Morgan fingerprint density at radius 1 is 1.00 bits per heavy atom. The van der Waals surface area contributed by atoms with Crippen molar-refractivity contribution in [2.45, 2.75) is 13.2 Å². The molecule has 3 aromatic carbocycles. The summed E-state index contributed by atoms with van der Waals surface area (Å²) in [5, 5.41) is 8.13. The molecular weight excluding hydrogens is 471 g/mol. The first-order valence-corrected chi connectivity index (χ1v) is 10.6. The molecule has 168 valence electrons. The second-order valence-corrected chi connectivity index (χ2v) is 7.93. The molecule has 0 atom stereocenters. The molecule has 0 saturated heterocycles. The highest BCUT2D eigenvalue weighted by Crippen LogP contribution is 2.25. The molecule has 1 aromatic heterocycles. The van der Waals surface area contributed by atoms with Crippen LogP contribution in [0.1, 0.15) is 21.5 Å². The van der Waals surface area contributed by atoms with Gasteiger partial charge in [0.2, 0.25) is 0 Å². The maximum absolute atomic E-state index is 13.7. The Kier molecular flexibility index (Phi) is 6.91. The van der Waals surface area contributed by atoms with E-state index >= 15 is 0 Å². The number of nitrogens with one attached hydrogen (secondary N) is 1. The van der Waals surface area contributed by atoms with Gasteiger partial charge in [0.05, 0.1) is 6.54 Å². The van der Waals surface area contributed by atoms with E-state index in [0.717, 1.165) is 17.7 Å². The van der Waals surface area contributed by atoms with Gasteiger partial charge in [0.25, 0.3) is 5.91 Å². The number of halogens is 4. The minimum atomic E-state index is -0.794. The van der Waals surface area contributed by atoms with Gasteiger partial charge in [-0.05, 0) is 42.0 Å². The van der Waals surface area contributed by atoms with E-state index in [0.29, 0.717) is 33.5 Å². The third-order valence-corrected chi connectivity index (χ3v) is 5.45. The highest BCUT2D eigenvalue weighted by Gasteiger charge is 2.12. The summed E-state index contributed by atoms with van der Waals surface area (Å²) in [4.78, 5) is 12.7. The van der Waals surface area contributed by atoms with E-state index in [9.17, 15) is 13.6 Å². The molecule has 0 fully saturated rings. The second-order valence-electron chi connectivity index (χ2n) is 7.12. The van der Waals surface area contributed by atoms with Crippen LogP contribution in [0.2, 0.25) is 10.0 Å². The lowest BCUT2D eigenvalue weighted by Gasteiger charge is -2.09. The number of hydrogen-bond donors (Lipinski definition) is 1. The fraction of sp³-hybridized carbons (Fsp3) is 0.0833. The molecule has 0 aliphatic heterocycles. The van der Waals surface area contributed by atoms with Crippen molar-refractivity contribution in [3.8, 4) is 5.75 Å². The summed E-state index contributed by atoms with van der Waals surface area (Å²) < 4.78 is 33.8. The second kappa shape index (κ2) is 10.0. The zero-order chi connectivity index (χ0) is 23.4. The minimum absolute atomic E-state index is 0.0108. The maximum atomic E-state index is 13.7. The van der Waals surface area contributed by atoms with Crippen molar-refractivity contribution in [3.05, 3.63) is 111 Å². The number of amides is 1. The van der Waals surface area contributed by atoms with Gasteiger partial charge in [-0.3, -0.25) is 9.48 Å². The van der Waals surface area contributed by atoms with E-state index in [2.05, 4.69) is 10.4 Å². The molecule has 5 nitrogen and oxygen atoms in total. The van der Waals surface area contributed by atoms with E-state index in [1.807, 2.05) is 0 Å². The SMILES string of the molecule is O=C(Nc1ccn(Cc2c(Cl)cccc2Cl)n1)c1cccc(COc2ccc(F)cc2F)c1. The molecule has 0 bridgehead atoms. The molecule has 1 heterocycles. The number of carbonyl (C=O) groups excluding carboxylic acids is 1. The van der Waals surface area contributed by atoms with Gasteiger partial charge < -0.3 is 10.1 Å². The lowest BCUT2D eigenvalue weighted by molar-refractivity contribution is 0.102. The number of carbonyl (C=O) groups is 1. The lowest BCUT2D eigenvalue weighted by Crippen LogP contribution is -2.13. The van der Waals surface area contributed by atoms with E-state index in [-0.39, 0.29) is 18.3 Å². The standard InChI is InChI=1S/C24H17Cl2F2N3O2/c25-19-5-2-6-20(26)18(19)13-31-10-9-23(30-31)29-24(32)16-4-1-3-15(11-16)14-33-22-8-7-17(27)12-21(22)28/h1-12H,13-14H2,(H,29,30,32). The van der Waals surface area contributed by atoms with Gasteiger partial charge in [-0.2, -0.15) is 5.10 Å². The average Bonchev–Trinajstić information content (AvgIpc) is 3.23. The van der Waals surface area contributed by atoms with Crippen LogP contribution in [-0.4, -0.2) is 15.7 Å². The summed E-state index contributed by atoms with van der Waals surface area (Å²) in [6.07, 6.45) is 1.71. The van der Waals surface area contributed by atoms with Crippen molar-refractivity contribution >= 4 is 34.9 Å². The molecule has 0 aliphatic carbocycles. The molecule has 4 aromatic rings. The number of nitrogens with zero attached hydrogens (tertiary/aromatic N) is 2. The monoisotopic (exact) mass is 487 g/mol. The summed E-state index contributed by atoms with van der Waals surface area (Å²) in [7, 11) is 0. The topological polar surface area (TPSA) is 56.2 Å². The molecule has 9 heteroatoms. The van der Waals surface area contributed by atoms with Gasteiger partial charge in [-0.15, -0.1) is 0 Å². The first-order valence-electron chi connectivity index (χ1n) is 9.83. The Hall–Kier alpha value is -3.42. The lowest BCUT2D eigenvalue weighted by atomic mass is 10.1. The van der Waals surface area contributed by atoms with Gasteiger partial charge in [-0.25, -0.2) is 8.78 Å². The average molecular weight is 488 g/mol. The first kappa shape index (κ1) is 22.8. The number of hydrogen-bond acceptors (Lipinski definition) is 3. The van der Waals surface area contributed by atoms with Crippen LogP contribution in [-0.2, 0) is 13.2 Å². The highest BCUT2D eigenvalue weighted by atomic mass is 35.5. The summed E-state index contributed by atoms with van der Waals surface area (Å²) in [5.74, 6) is -1.56. The molecular formula is C24H17Cl2F2N3O2. The molecule has 4 rings (SSSR count). The molecule has 1 amide bonds. The Labute approximate surface area is 198 Å². The fourth-order valence-corrected chi connectivity index (χ4v) is 3.62. The molecule has 1 N–H and O–H groups in total. The van der Waals surface area contributed by atoms with Crippen molar-refractivity contribution in [3.63, 3.8) is 0 Å². The van der Waals surface area contributed by atoms with Gasteiger partial charge in [0.1, 0.15) is 12.4 Å². The Balaban J connectivity index is 1.40. The Morgan fingerprint density at radius 2 is 1.76 bits per heavy atom. The van der Waals surface area contributed by atoms with Crippen molar-refractivity contribution in [1.82, 2.24) is 9.78 Å². The molecule has 0 spiro atoms. The normalized spacial score (nSPS) is 10.8. The van der Waals surface area contributed by atoms with E-state index < -0.39 is 11.6 Å². The van der Waals surface area contributed by atoms with Gasteiger partial charge in [-0.1, -0.05) is 41.4 Å². The maximum Gasteiger partial charge on any atom is 0.256 e. The van der Waals surface area contributed by atoms with Crippen LogP contribution in [0.4, 0.5) is 14.6 Å². The Morgan fingerprint density at radius 3 is 2.52 bits per heavy atom. The quantitative estimate of drug-likeness (QED) is 0.330. The Bertz CT molecular complexity index is 1290. The fourth-order valence-electron chi connectivity index (χ4n) is 3.11. The van der Waals surface area contributed by atoms with Crippen molar-refractivity contribution in [2.24, 2.45) is 0 Å². The van der Waals surface area contributed by atoms with Crippen LogP contribution in [0.15, 0.2) is 72.9 Å². The molecule has 33 heavy (non-hydrogen) atoms. The van der Waals surface area contributed by atoms with Crippen LogP contribution in [0.5, 0.6) is 5.75 Å². The number of anilines is 1. The van der Waals surface area contributed by atoms with Crippen molar-refractivity contribution in [2.75, 3.05) is 5.32 Å². The summed E-state index contributed by atoms with van der Waals surface area (Å²) in [6, 6.07) is 16.7. The third kappa shape index (κ3) is 5.69. The van der Waals surface area contributed by atoms with Crippen LogP contribution in [0, 0.1) is 11.6 Å². The third-order valence-electron chi connectivity index (χ3n) is 4.74. The van der Waals surface area contributed by atoms with Gasteiger partial charge >= 0.3 is 0 Å². The predicted octanol–water partition coefficient (Wildman–Crippen LogP) is 6.35. The van der Waals surface area contributed by atoms with Crippen LogP contribution >= 0.6 is 23.2 Å². The van der Waals surface area contributed by atoms with Crippen LogP contribution in [0.3, 0.4) is 0 Å². The first-order chi connectivity index (χ1) is 15.9. The van der Waals surface area contributed by atoms with Crippen LogP contribution in [0.25, 0.3) is 0 Å². The smallest absolute Gasteiger partial charge is 0.256 e. The highest BCUT2D eigenvalue weighted by molar-refractivity contribution is 6.35. The van der Waals surface area contributed by atoms with Crippen molar-refractivity contribution in [1.29, 1.82) is 0 Å². The van der Waals surface area contributed by atoms with Gasteiger partial charge in [0.15, 0.2) is 17.4 Å². The van der Waals surface area contributed by atoms with E-state index in [4.69, 9.17) is 27.9 Å². The zero-order valence-corrected chi connectivity index (χ0v) is 18.6. The molecule has 0 aliphatic rings. The van der Waals surface area contributed by atoms with Crippen LogP contribution < -0.4 is 10.1 Å². The summed E-state index contributed by atoms with van der Waals surface area (Å²) in [6.45, 7) is 0.359. The number of ether oxygens (including phenoxy) is 1. The van der Waals surface area contributed by atoms with Crippen molar-refractivity contribution < 1.29 is 18.3 Å². The van der Waals surface area contributed by atoms with E-state index in [1.54, 1.807) is 59.4 Å². The number of aromatic nitrogens is 2.